The fraction of sp³-hybridized carbons (Fsp3) is 0.364. The standard InChI is InChI=1S/C11H14O3.C11H14O2/c1-7-4-5-9(6-10(7)14-3)8(2)11(12)13;1-8-4-5-10(9(2)7-12)6-11(8)13-3/h4-6,8H,1-3H3,(H,12,13);4-7,9H,1-3H3/t8-;9-/m01/s1. The fourth-order valence-electron chi connectivity index (χ4n) is 2.45. The molecule has 146 valence electrons. The number of hydrogen-bond donors (Lipinski definition) is 1. The maximum atomic E-state index is 10.7. The van der Waals surface area contributed by atoms with Gasteiger partial charge < -0.3 is 19.4 Å². The van der Waals surface area contributed by atoms with Gasteiger partial charge >= 0.3 is 5.97 Å². The van der Waals surface area contributed by atoms with E-state index < -0.39 is 11.9 Å². The molecule has 0 aliphatic rings. The number of aldehydes is 1. The highest BCUT2D eigenvalue weighted by molar-refractivity contribution is 5.75. The zero-order chi connectivity index (χ0) is 20.6. The number of rotatable bonds is 6. The lowest BCUT2D eigenvalue weighted by Gasteiger charge is -2.10. The molecule has 0 saturated heterocycles. The summed E-state index contributed by atoms with van der Waals surface area (Å²) in [5.74, 6) is 0.191. The van der Waals surface area contributed by atoms with Crippen molar-refractivity contribution < 1.29 is 24.2 Å². The summed E-state index contributed by atoms with van der Waals surface area (Å²) in [6.45, 7) is 7.44. The monoisotopic (exact) mass is 372 g/mol. The van der Waals surface area contributed by atoms with Gasteiger partial charge in [-0.2, -0.15) is 0 Å². The van der Waals surface area contributed by atoms with Crippen LogP contribution in [0.3, 0.4) is 0 Å². The third kappa shape index (κ3) is 6.13. The number of carbonyl (C=O) groups is 2. The molecule has 0 fully saturated rings. The molecule has 0 unspecified atom stereocenters. The predicted molar refractivity (Wildman–Crippen MR) is 106 cm³/mol. The molecule has 1 N–H and O–H groups in total. The minimum Gasteiger partial charge on any atom is -0.496 e. The van der Waals surface area contributed by atoms with Crippen LogP contribution in [0.25, 0.3) is 0 Å². The largest absolute Gasteiger partial charge is 0.496 e. The number of ether oxygens (including phenoxy) is 2. The van der Waals surface area contributed by atoms with Gasteiger partial charge in [-0.25, -0.2) is 0 Å². The van der Waals surface area contributed by atoms with E-state index in [4.69, 9.17) is 14.6 Å². The van der Waals surface area contributed by atoms with E-state index in [2.05, 4.69) is 0 Å². The lowest BCUT2D eigenvalue weighted by atomic mass is 10.00. The molecule has 0 aromatic heterocycles. The van der Waals surface area contributed by atoms with Gasteiger partial charge in [-0.1, -0.05) is 31.2 Å². The van der Waals surface area contributed by atoms with Gasteiger partial charge in [0.2, 0.25) is 0 Å². The van der Waals surface area contributed by atoms with Crippen molar-refractivity contribution in [3.63, 3.8) is 0 Å². The fourth-order valence-corrected chi connectivity index (χ4v) is 2.45. The van der Waals surface area contributed by atoms with Crippen molar-refractivity contribution in [1.29, 1.82) is 0 Å². The number of benzene rings is 2. The highest BCUT2D eigenvalue weighted by Gasteiger charge is 2.14. The summed E-state index contributed by atoms with van der Waals surface area (Å²) >= 11 is 0. The second-order valence-electron chi connectivity index (χ2n) is 6.44. The van der Waals surface area contributed by atoms with E-state index in [0.29, 0.717) is 0 Å². The lowest BCUT2D eigenvalue weighted by Crippen LogP contribution is -2.07. The maximum absolute atomic E-state index is 10.7. The summed E-state index contributed by atoms with van der Waals surface area (Å²) in [5.41, 5.74) is 3.86. The van der Waals surface area contributed by atoms with Crippen LogP contribution in [0, 0.1) is 13.8 Å². The molecule has 2 rings (SSSR count). The van der Waals surface area contributed by atoms with Crippen LogP contribution in [0.5, 0.6) is 11.5 Å². The SMILES string of the molecule is COc1cc([C@H](C)C(=O)O)ccc1C.COc1cc([C@H](C)C=O)ccc1C. The van der Waals surface area contributed by atoms with E-state index in [1.54, 1.807) is 27.2 Å². The third-order valence-electron chi connectivity index (χ3n) is 4.46. The highest BCUT2D eigenvalue weighted by atomic mass is 16.5. The van der Waals surface area contributed by atoms with E-state index in [9.17, 15) is 9.59 Å². The Bertz CT molecular complexity index is 782. The average molecular weight is 372 g/mol. The Morgan fingerprint density at radius 3 is 1.78 bits per heavy atom. The molecule has 0 spiro atoms. The van der Waals surface area contributed by atoms with Gasteiger partial charge in [0.25, 0.3) is 0 Å². The topological polar surface area (TPSA) is 72.8 Å². The number of carboxylic acid groups (broad SMARTS) is 1. The number of carboxylic acids is 1. The second-order valence-corrected chi connectivity index (χ2v) is 6.44. The van der Waals surface area contributed by atoms with Crippen LogP contribution < -0.4 is 9.47 Å². The normalized spacial score (nSPS) is 12.2. The number of aryl methyl sites for hydroxylation is 2. The van der Waals surface area contributed by atoms with Crippen LogP contribution in [-0.2, 0) is 9.59 Å². The molecular formula is C22H28O5. The van der Waals surface area contributed by atoms with Crippen molar-refractivity contribution in [3.05, 3.63) is 58.7 Å². The van der Waals surface area contributed by atoms with Crippen molar-refractivity contribution in [3.8, 4) is 11.5 Å². The summed E-state index contributed by atoms with van der Waals surface area (Å²) in [6, 6.07) is 11.3. The average Bonchev–Trinajstić information content (AvgIpc) is 2.68. The first kappa shape index (κ1) is 22.2. The van der Waals surface area contributed by atoms with Crippen LogP contribution in [0.1, 0.15) is 47.9 Å². The van der Waals surface area contributed by atoms with Crippen LogP contribution in [0.2, 0.25) is 0 Å². The summed E-state index contributed by atoms with van der Waals surface area (Å²) in [5, 5.41) is 8.83. The van der Waals surface area contributed by atoms with Crippen LogP contribution in [-0.4, -0.2) is 31.6 Å². The van der Waals surface area contributed by atoms with Crippen molar-refractivity contribution in [2.24, 2.45) is 0 Å². The summed E-state index contributed by atoms with van der Waals surface area (Å²) in [6.07, 6.45) is 0.935. The molecule has 5 heteroatoms. The van der Waals surface area contributed by atoms with Crippen molar-refractivity contribution >= 4 is 12.3 Å². The van der Waals surface area contributed by atoms with Crippen molar-refractivity contribution in [1.82, 2.24) is 0 Å². The van der Waals surface area contributed by atoms with Gasteiger partial charge in [0.05, 0.1) is 20.1 Å². The molecule has 0 aliphatic carbocycles. The number of hydrogen-bond acceptors (Lipinski definition) is 4. The molecule has 0 saturated carbocycles. The minimum absolute atomic E-state index is 0.0606. The van der Waals surface area contributed by atoms with E-state index in [1.807, 2.05) is 51.1 Å². The molecule has 2 aromatic rings. The first-order chi connectivity index (χ1) is 12.7. The van der Waals surface area contributed by atoms with Crippen molar-refractivity contribution in [2.75, 3.05) is 14.2 Å². The Morgan fingerprint density at radius 1 is 0.926 bits per heavy atom. The first-order valence-corrected chi connectivity index (χ1v) is 8.72. The van der Waals surface area contributed by atoms with Gasteiger partial charge in [-0.15, -0.1) is 0 Å². The third-order valence-corrected chi connectivity index (χ3v) is 4.46. The second kappa shape index (κ2) is 10.4. The molecule has 0 radical (unpaired) electrons. The molecule has 0 bridgehead atoms. The molecular weight excluding hydrogens is 344 g/mol. The first-order valence-electron chi connectivity index (χ1n) is 8.72. The van der Waals surface area contributed by atoms with Gasteiger partial charge in [0, 0.05) is 5.92 Å². The number of aliphatic carboxylic acids is 1. The lowest BCUT2D eigenvalue weighted by molar-refractivity contribution is -0.138. The van der Waals surface area contributed by atoms with Crippen LogP contribution in [0.15, 0.2) is 36.4 Å². The Kier molecular flexibility index (Phi) is 8.52. The van der Waals surface area contributed by atoms with Gasteiger partial charge in [0.1, 0.15) is 17.8 Å². The van der Waals surface area contributed by atoms with Gasteiger partial charge in [-0.05, 0) is 55.2 Å². The Labute approximate surface area is 160 Å². The van der Waals surface area contributed by atoms with Crippen LogP contribution >= 0.6 is 0 Å². The summed E-state index contributed by atoms with van der Waals surface area (Å²) in [7, 11) is 3.22. The van der Waals surface area contributed by atoms with Crippen LogP contribution in [0.4, 0.5) is 0 Å². The van der Waals surface area contributed by atoms with E-state index in [0.717, 1.165) is 40.0 Å². The molecule has 0 amide bonds. The molecule has 0 heterocycles. The molecule has 2 atom stereocenters. The van der Waals surface area contributed by atoms with E-state index >= 15 is 0 Å². The van der Waals surface area contributed by atoms with E-state index in [1.165, 1.54) is 0 Å². The van der Waals surface area contributed by atoms with Gasteiger partial charge in [-0.3, -0.25) is 4.79 Å². The molecule has 5 nitrogen and oxygen atoms in total. The number of methoxy groups -OCH3 is 2. The quantitative estimate of drug-likeness (QED) is 0.756. The summed E-state index contributed by atoms with van der Waals surface area (Å²) in [4.78, 5) is 21.3. The number of carbonyl (C=O) groups excluding carboxylic acids is 1. The Hall–Kier alpha value is -2.82. The van der Waals surface area contributed by atoms with Gasteiger partial charge in [0.15, 0.2) is 0 Å². The highest BCUT2D eigenvalue weighted by Crippen LogP contribution is 2.24. The summed E-state index contributed by atoms with van der Waals surface area (Å²) < 4.78 is 10.3. The Balaban J connectivity index is 0.000000271. The predicted octanol–water partition coefficient (Wildman–Crippen LogP) is 4.50. The zero-order valence-electron chi connectivity index (χ0n) is 16.8. The minimum atomic E-state index is -0.823. The molecule has 0 aliphatic heterocycles. The van der Waals surface area contributed by atoms with E-state index in [-0.39, 0.29) is 5.92 Å². The molecule has 2 aromatic carbocycles. The molecule has 27 heavy (non-hydrogen) atoms. The Morgan fingerprint density at radius 2 is 1.37 bits per heavy atom. The smallest absolute Gasteiger partial charge is 0.310 e. The zero-order valence-corrected chi connectivity index (χ0v) is 16.8. The van der Waals surface area contributed by atoms with Crippen molar-refractivity contribution in [2.45, 2.75) is 39.5 Å². The maximum Gasteiger partial charge on any atom is 0.310 e.